The standard InChI is InChI=1S/C16H14O3S/c1-20(19)9-8-13-15(17)11-6-2-4-10-5-3-7-12(14(10)11)16(13)18/h2-7,17H,8-9H2,1H3/p-1. The number of allylic oxidation sites excluding steroid dienone is 1. The SMILES string of the molecule is CS(=O)CCC1=C([O-])c2cccc3cccc(c23)C1=O. The van der Waals surface area contributed by atoms with E-state index in [1.165, 1.54) is 0 Å². The minimum Gasteiger partial charge on any atom is -0.872 e. The minimum absolute atomic E-state index is 0.218. The Morgan fingerprint density at radius 3 is 2.40 bits per heavy atom. The Balaban J connectivity index is 2.22. The summed E-state index contributed by atoms with van der Waals surface area (Å²) in [5.41, 5.74) is 1.41. The molecule has 3 nitrogen and oxygen atoms in total. The van der Waals surface area contributed by atoms with Crippen LogP contribution in [0.3, 0.4) is 0 Å². The molecule has 1 aliphatic rings. The van der Waals surface area contributed by atoms with Gasteiger partial charge in [-0.1, -0.05) is 42.2 Å². The summed E-state index contributed by atoms with van der Waals surface area (Å²) in [6.45, 7) is 0. The molecule has 0 saturated carbocycles. The van der Waals surface area contributed by atoms with E-state index in [2.05, 4.69) is 0 Å². The van der Waals surface area contributed by atoms with Gasteiger partial charge in [0.25, 0.3) is 0 Å². The maximum Gasteiger partial charge on any atom is 0.189 e. The molecule has 1 unspecified atom stereocenters. The van der Waals surface area contributed by atoms with Crippen molar-refractivity contribution in [3.05, 3.63) is 53.1 Å². The van der Waals surface area contributed by atoms with E-state index in [0.29, 0.717) is 16.9 Å². The van der Waals surface area contributed by atoms with Gasteiger partial charge in [0.05, 0.1) is 0 Å². The van der Waals surface area contributed by atoms with Crippen LogP contribution in [-0.4, -0.2) is 22.0 Å². The van der Waals surface area contributed by atoms with Crippen molar-refractivity contribution in [2.45, 2.75) is 6.42 Å². The lowest BCUT2D eigenvalue weighted by molar-refractivity contribution is -0.244. The fourth-order valence-corrected chi connectivity index (χ4v) is 3.11. The Labute approximate surface area is 119 Å². The van der Waals surface area contributed by atoms with Gasteiger partial charge in [-0.3, -0.25) is 9.00 Å². The molecule has 1 atom stereocenters. The predicted molar refractivity (Wildman–Crippen MR) is 78.7 cm³/mol. The molecule has 2 aromatic carbocycles. The maximum atomic E-state index is 12.5. The largest absolute Gasteiger partial charge is 0.872 e. The van der Waals surface area contributed by atoms with Crippen molar-refractivity contribution < 1.29 is 14.1 Å². The van der Waals surface area contributed by atoms with E-state index in [1.807, 2.05) is 24.3 Å². The molecule has 0 bridgehead atoms. The normalized spacial score (nSPS) is 15.8. The topological polar surface area (TPSA) is 57.2 Å². The fraction of sp³-hybridized carbons (Fsp3) is 0.188. The highest BCUT2D eigenvalue weighted by Gasteiger charge is 2.23. The number of Topliss-reactive ketones (excluding diaryl/α,β-unsaturated/α-hetero) is 1. The zero-order valence-corrected chi connectivity index (χ0v) is 11.8. The molecule has 0 aliphatic heterocycles. The summed E-state index contributed by atoms with van der Waals surface area (Å²) in [5.74, 6) is -0.0974. The zero-order chi connectivity index (χ0) is 14.3. The Kier molecular flexibility index (Phi) is 3.18. The molecular formula is C16H13O3S-. The summed E-state index contributed by atoms with van der Waals surface area (Å²) in [5, 5.41) is 14.1. The lowest BCUT2D eigenvalue weighted by Crippen LogP contribution is -2.20. The van der Waals surface area contributed by atoms with Gasteiger partial charge in [-0.2, -0.15) is 0 Å². The number of carbonyl (C=O) groups is 1. The van der Waals surface area contributed by atoms with E-state index < -0.39 is 10.8 Å². The molecule has 0 radical (unpaired) electrons. The highest BCUT2D eigenvalue weighted by molar-refractivity contribution is 7.84. The molecule has 0 N–H and O–H groups in total. The van der Waals surface area contributed by atoms with Gasteiger partial charge >= 0.3 is 0 Å². The van der Waals surface area contributed by atoms with Crippen LogP contribution < -0.4 is 5.11 Å². The van der Waals surface area contributed by atoms with Crippen molar-refractivity contribution in [3.8, 4) is 0 Å². The first-order chi connectivity index (χ1) is 9.59. The number of rotatable bonds is 3. The molecule has 0 fully saturated rings. The number of carbonyl (C=O) groups excluding carboxylic acids is 1. The van der Waals surface area contributed by atoms with Crippen molar-refractivity contribution in [2.75, 3.05) is 12.0 Å². The van der Waals surface area contributed by atoms with Crippen molar-refractivity contribution in [1.29, 1.82) is 0 Å². The number of ketones is 1. The number of benzene rings is 2. The molecule has 4 heteroatoms. The molecular weight excluding hydrogens is 272 g/mol. The first-order valence-electron chi connectivity index (χ1n) is 6.36. The minimum atomic E-state index is -1.02. The molecule has 0 heterocycles. The van der Waals surface area contributed by atoms with Crippen molar-refractivity contribution >= 4 is 33.1 Å². The summed E-state index contributed by atoms with van der Waals surface area (Å²) < 4.78 is 11.2. The average molecular weight is 285 g/mol. The van der Waals surface area contributed by atoms with Crippen LogP contribution in [0.2, 0.25) is 0 Å². The average Bonchev–Trinajstić information content (AvgIpc) is 2.44. The van der Waals surface area contributed by atoms with Crippen molar-refractivity contribution in [3.63, 3.8) is 0 Å². The third kappa shape index (κ3) is 1.96. The summed E-state index contributed by atoms with van der Waals surface area (Å²) in [4.78, 5) is 12.5. The van der Waals surface area contributed by atoms with Crippen LogP contribution in [0.1, 0.15) is 22.3 Å². The molecule has 20 heavy (non-hydrogen) atoms. The number of hydrogen-bond donors (Lipinski definition) is 0. The van der Waals surface area contributed by atoms with Crippen LogP contribution in [-0.2, 0) is 10.8 Å². The number of hydrogen-bond acceptors (Lipinski definition) is 3. The molecule has 102 valence electrons. The third-order valence-corrected chi connectivity index (χ3v) is 4.36. The second-order valence-electron chi connectivity index (χ2n) is 4.87. The fourth-order valence-electron chi connectivity index (χ4n) is 2.62. The summed E-state index contributed by atoms with van der Waals surface area (Å²) in [7, 11) is -1.02. The van der Waals surface area contributed by atoms with Gasteiger partial charge in [-0.25, -0.2) is 0 Å². The Bertz CT molecular complexity index is 769. The molecule has 3 rings (SSSR count). The van der Waals surface area contributed by atoms with E-state index >= 15 is 0 Å². The van der Waals surface area contributed by atoms with Crippen LogP contribution in [0.15, 0.2) is 42.0 Å². The van der Waals surface area contributed by atoms with Crippen LogP contribution in [0.5, 0.6) is 0 Å². The van der Waals surface area contributed by atoms with E-state index in [4.69, 9.17) is 0 Å². The van der Waals surface area contributed by atoms with E-state index in [1.54, 1.807) is 18.4 Å². The molecule has 1 aliphatic carbocycles. The van der Waals surface area contributed by atoms with Gasteiger partial charge < -0.3 is 5.11 Å². The van der Waals surface area contributed by atoms with E-state index in [9.17, 15) is 14.1 Å². The summed E-state index contributed by atoms with van der Waals surface area (Å²) >= 11 is 0. The van der Waals surface area contributed by atoms with Gasteiger partial charge in [0.15, 0.2) is 5.78 Å². The highest BCUT2D eigenvalue weighted by atomic mass is 32.2. The van der Waals surface area contributed by atoms with Crippen LogP contribution >= 0.6 is 0 Å². The van der Waals surface area contributed by atoms with Crippen LogP contribution in [0.4, 0.5) is 0 Å². The monoisotopic (exact) mass is 285 g/mol. The summed E-state index contributed by atoms with van der Waals surface area (Å²) in [6.07, 6.45) is 1.85. The quantitative estimate of drug-likeness (QED) is 0.865. The highest BCUT2D eigenvalue weighted by Crippen LogP contribution is 2.34. The molecule has 0 saturated heterocycles. The van der Waals surface area contributed by atoms with Crippen LogP contribution in [0.25, 0.3) is 16.5 Å². The summed E-state index contributed by atoms with van der Waals surface area (Å²) in [6, 6.07) is 11.0. The molecule has 0 aromatic heterocycles. The van der Waals surface area contributed by atoms with E-state index in [0.717, 1.165) is 10.8 Å². The lowest BCUT2D eigenvalue weighted by atomic mass is 9.86. The third-order valence-electron chi connectivity index (χ3n) is 3.58. The molecule has 2 aromatic rings. The molecule has 0 amide bonds. The second kappa shape index (κ2) is 4.87. The van der Waals surface area contributed by atoms with Crippen molar-refractivity contribution in [1.82, 2.24) is 0 Å². The molecule has 0 spiro atoms. The zero-order valence-electron chi connectivity index (χ0n) is 11.0. The van der Waals surface area contributed by atoms with E-state index in [-0.39, 0.29) is 23.5 Å². The Morgan fingerprint density at radius 1 is 1.10 bits per heavy atom. The van der Waals surface area contributed by atoms with Gasteiger partial charge in [0.2, 0.25) is 0 Å². The Morgan fingerprint density at radius 2 is 1.75 bits per heavy atom. The first kappa shape index (κ1) is 13.1. The van der Waals surface area contributed by atoms with Gasteiger partial charge in [-0.15, -0.1) is 0 Å². The second-order valence-corrected chi connectivity index (χ2v) is 6.43. The Hall–Kier alpha value is -1.94. The van der Waals surface area contributed by atoms with Gasteiger partial charge in [0.1, 0.15) is 0 Å². The van der Waals surface area contributed by atoms with Crippen molar-refractivity contribution in [2.24, 2.45) is 0 Å². The first-order valence-corrected chi connectivity index (χ1v) is 8.09. The predicted octanol–water partition coefficient (Wildman–Crippen LogP) is 1.88. The van der Waals surface area contributed by atoms with Gasteiger partial charge in [-0.05, 0) is 28.3 Å². The van der Waals surface area contributed by atoms with Gasteiger partial charge in [0, 0.05) is 28.4 Å². The maximum absolute atomic E-state index is 12.5. The smallest absolute Gasteiger partial charge is 0.189 e. The lowest BCUT2D eigenvalue weighted by Gasteiger charge is -2.26. The van der Waals surface area contributed by atoms with Crippen LogP contribution in [0, 0.1) is 0 Å².